The maximum absolute atomic E-state index is 5.34. The van der Waals surface area contributed by atoms with Crippen molar-refractivity contribution in [2.75, 3.05) is 24.7 Å². The van der Waals surface area contributed by atoms with Gasteiger partial charge in [0.25, 0.3) is 0 Å². The van der Waals surface area contributed by atoms with E-state index in [9.17, 15) is 0 Å². The summed E-state index contributed by atoms with van der Waals surface area (Å²) < 4.78 is 5.34. The van der Waals surface area contributed by atoms with Crippen molar-refractivity contribution in [3.63, 3.8) is 0 Å². The predicted molar refractivity (Wildman–Crippen MR) is 71.5 cm³/mol. The molecule has 1 rings (SSSR count). The summed E-state index contributed by atoms with van der Waals surface area (Å²) in [5.41, 5.74) is 0. The average molecular weight is 240 g/mol. The second-order valence-electron chi connectivity index (χ2n) is 3.56. The van der Waals surface area contributed by atoms with Crippen LogP contribution in [-0.2, 0) is 0 Å². The van der Waals surface area contributed by atoms with Crippen molar-refractivity contribution >= 4 is 17.6 Å². The van der Waals surface area contributed by atoms with Crippen molar-refractivity contribution in [3.8, 4) is 5.88 Å². The zero-order valence-electron chi connectivity index (χ0n) is 10.2. The molecule has 0 aliphatic rings. The molecule has 0 amide bonds. The summed E-state index contributed by atoms with van der Waals surface area (Å²) in [7, 11) is 0. The molecule has 16 heavy (non-hydrogen) atoms. The van der Waals surface area contributed by atoms with Crippen molar-refractivity contribution in [3.05, 3.63) is 18.2 Å². The van der Waals surface area contributed by atoms with E-state index in [0.29, 0.717) is 17.7 Å². The van der Waals surface area contributed by atoms with Gasteiger partial charge in [-0.1, -0.05) is 13.0 Å². The first-order valence-corrected chi connectivity index (χ1v) is 6.91. The largest absolute Gasteiger partial charge is 0.478 e. The van der Waals surface area contributed by atoms with Crippen molar-refractivity contribution in [2.45, 2.75) is 25.5 Å². The van der Waals surface area contributed by atoms with Crippen molar-refractivity contribution in [2.24, 2.45) is 0 Å². The van der Waals surface area contributed by atoms with Crippen LogP contribution in [0.5, 0.6) is 5.88 Å². The molecule has 0 aliphatic carbocycles. The molecular formula is C12H20N2OS. The Morgan fingerprint density at radius 1 is 1.50 bits per heavy atom. The van der Waals surface area contributed by atoms with E-state index in [-0.39, 0.29) is 0 Å². The van der Waals surface area contributed by atoms with Gasteiger partial charge in [-0.05, 0) is 25.7 Å². The molecule has 0 radical (unpaired) electrons. The van der Waals surface area contributed by atoms with E-state index in [2.05, 4.69) is 23.5 Å². The number of hydrogen-bond donors (Lipinski definition) is 1. The maximum atomic E-state index is 5.34. The number of hydrogen-bond acceptors (Lipinski definition) is 4. The minimum Gasteiger partial charge on any atom is -0.478 e. The van der Waals surface area contributed by atoms with Crippen molar-refractivity contribution < 1.29 is 4.74 Å². The lowest BCUT2D eigenvalue weighted by Crippen LogP contribution is -2.09. The second kappa shape index (κ2) is 7.39. The van der Waals surface area contributed by atoms with Crippen molar-refractivity contribution in [1.29, 1.82) is 0 Å². The lowest BCUT2D eigenvalue weighted by molar-refractivity contribution is 0.327. The number of nitrogens with one attached hydrogen (secondary N) is 1. The second-order valence-corrected chi connectivity index (χ2v) is 4.83. The molecule has 0 aromatic carbocycles. The van der Waals surface area contributed by atoms with E-state index in [1.54, 1.807) is 0 Å². The molecule has 4 heteroatoms. The SMILES string of the molecule is CCOc1cccc(NCCC(C)SC)n1. The fourth-order valence-electron chi connectivity index (χ4n) is 1.26. The molecule has 0 aliphatic heterocycles. The summed E-state index contributed by atoms with van der Waals surface area (Å²) in [6.07, 6.45) is 3.28. The van der Waals surface area contributed by atoms with Gasteiger partial charge in [0.2, 0.25) is 5.88 Å². The van der Waals surface area contributed by atoms with Gasteiger partial charge in [-0.2, -0.15) is 16.7 Å². The van der Waals surface area contributed by atoms with E-state index in [4.69, 9.17) is 4.74 Å². The topological polar surface area (TPSA) is 34.1 Å². The Balaban J connectivity index is 2.38. The first-order chi connectivity index (χ1) is 7.76. The predicted octanol–water partition coefficient (Wildman–Crippen LogP) is 3.03. The third-order valence-electron chi connectivity index (χ3n) is 2.28. The van der Waals surface area contributed by atoms with Gasteiger partial charge in [0.15, 0.2) is 0 Å². The average Bonchev–Trinajstić information content (AvgIpc) is 2.30. The van der Waals surface area contributed by atoms with Gasteiger partial charge in [0.1, 0.15) is 5.82 Å². The fourth-order valence-corrected chi connectivity index (χ4v) is 1.62. The minimum absolute atomic E-state index is 0.653. The number of aromatic nitrogens is 1. The first-order valence-electron chi connectivity index (χ1n) is 5.62. The molecule has 0 saturated heterocycles. The van der Waals surface area contributed by atoms with Gasteiger partial charge >= 0.3 is 0 Å². The van der Waals surface area contributed by atoms with Crippen LogP contribution in [0.3, 0.4) is 0 Å². The molecule has 0 bridgehead atoms. The van der Waals surface area contributed by atoms with Gasteiger partial charge in [0, 0.05) is 17.9 Å². The van der Waals surface area contributed by atoms with Crippen LogP contribution in [0.1, 0.15) is 20.3 Å². The highest BCUT2D eigenvalue weighted by Gasteiger charge is 2.00. The highest BCUT2D eigenvalue weighted by molar-refractivity contribution is 7.99. The molecule has 3 nitrogen and oxygen atoms in total. The van der Waals surface area contributed by atoms with Crippen LogP contribution < -0.4 is 10.1 Å². The molecule has 1 unspecified atom stereocenters. The van der Waals surface area contributed by atoms with Crippen LogP contribution in [0.4, 0.5) is 5.82 Å². The summed E-state index contributed by atoms with van der Waals surface area (Å²) in [5.74, 6) is 1.57. The molecule has 0 fully saturated rings. The molecule has 1 N–H and O–H groups in total. The number of nitrogens with zero attached hydrogens (tertiary/aromatic N) is 1. The standard InChI is InChI=1S/C12H20N2OS/c1-4-15-12-7-5-6-11(14-12)13-9-8-10(2)16-3/h5-7,10H,4,8-9H2,1-3H3,(H,13,14). The van der Waals surface area contributed by atoms with E-state index < -0.39 is 0 Å². The number of pyridine rings is 1. The van der Waals surface area contributed by atoms with Crippen molar-refractivity contribution in [1.82, 2.24) is 4.98 Å². The van der Waals surface area contributed by atoms with E-state index in [1.807, 2.05) is 36.9 Å². The fraction of sp³-hybridized carbons (Fsp3) is 0.583. The van der Waals surface area contributed by atoms with Gasteiger partial charge in [0.05, 0.1) is 6.61 Å². The Morgan fingerprint density at radius 3 is 3.00 bits per heavy atom. The smallest absolute Gasteiger partial charge is 0.215 e. The summed E-state index contributed by atoms with van der Waals surface area (Å²) in [6, 6.07) is 5.80. The lowest BCUT2D eigenvalue weighted by Gasteiger charge is -2.10. The molecule has 1 atom stereocenters. The Kier molecular flexibility index (Phi) is 6.08. The van der Waals surface area contributed by atoms with E-state index >= 15 is 0 Å². The summed E-state index contributed by atoms with van der Waals surface area (Å²) in [5, 5.41) is 3.99. The van der Waals surface area contributed by atoms with Gasteiger partial charge in [-0.3, -0.25) is 0 Å². The highest BCUT2D eigenvalue weighted by Crippen LogP contribution is 2.13. The lowest BCUT2D eigenvalue weighted by atomic mass is 10.3. The normalized spacial score (nSPS) is 12.2. The number of ether oxygens (including phenoxy) is 1. The molecule has 0 saturated carbocycles. The number of thioether (sulfide) groups is 1. The Bertz CT molecular complexity index is 307. The Hall–Kier alpha value is -0.900. The monoisotopic (exact) mass is 240 g/mol. The van der Waals surface area contributed by atoms with Crippen LogP contribution in [-0.4, -0.2) is 29.6 Å². The van der Waals surface area contributed by atoms with Crippen LogP contribution in [0.15, 0.2) is 18.2 Å². The zero-order chi connectivity index (χ0) is 11.8. The third-order valence-corrected chi connectivity index (χ3v) is 3.32. The zero-order valence-corrected chi connectivity index (χ0v) is 11.0. The van der Waals surface area contributed by atoms with E-state index in [1.165, 1.54) is 0 Å². The van der Waals surface area contributed by atoms with Crippen LogP contribution >= 0.6 is 11.8 Å². The van der Waals surface area contributed by atoms with Crippen LogP contribution in [0.25, 0.3) is 0 Å². The molecule has 1 aromatic rings. The van der Waals surface area contributed by atoms with Crippen LogP contribution in [0, 0.1) is 0 Å². The Labute approximate surface area is 102 Å². The number of anilines is 1. The summed E-state index contributed by atoms with van der Waals surface area (Å²) >= 11 is 1.89. The molecule has 1 heterocycles. The van der Waals surface area contributed by atoms with Gasteiger partial charge in [-0.15, -0.1) is 0 Å². The first kappa shape index (κ1) is 13.2. The number of rotatable bonds is 7. The third kappa shape index (κ3) is 4.75. The Morgan fingerprint density at radius 2 is 2.31 bits per heavy atom. The molecular weight excluding hydrogens is 220 g/mol. The summed E-state index contributed by atoms with van der Waals surface area (Å²) in [6.45, 7) is 5.79. The summed E-state index contributed by atoms with van der Waals surface area (Å²) in [4.78, 5) is 4.35. The maximum Gasteiger partial charge on any atom is 0.215 e. The highest BCUT2D eigenvalue weighted by atomic mass is 32.2. The molecule has 1 aromatic heterocycles. The molecule has 0 spiro atoms. The minimum atomic E-state index is 0.653. The van der Waals surface area contributed by atoms with Gasteiger partial charge < -0.3 is 10.1 Å². The quantitative estimate of drug-likeness (QED) is 0.794. The van der Waals surface area contributed by atoms with Gasteiger partial charge in [-0.25, -0.2) is 0 Å². The molecule has 90 valence electrons. The van der Waals surface area contributed by atoms with E-state index in [0.717, 1.165) is 18.8 Å². The van der Waals surface area contributed by atoms with Crippen LogP contribution in [0.2, 0.25) is 0 Å².